The second-order valence-corrected chi connectivity index (χ2v) is 6.36. The highest BCUT2D eigenvalue weighted by Crippen LogP contribution is 2.36. The lowest BCUT2D eigenvalue weighted by atomic mass is 10.1. The second-order valence-electron chi connectivity index (χ2n) is 5.36. The SMILES string of the molecule is Cc1nn(C)c2sc(C(=O)N3CCC(N)CC3)c(N)c12. The summed E-state index contributed by atoms with van der Waals surface area (Å²) in [7, 11) is 1.87. The van der Waals surface area contributed by atoms with Crippen molar-refractivity contribution < 1.29 is 4.79 Å². The first-order valence-corrected chi connectivity index (χ1v) is 7.57. The number of nitrogens with two attached hydrogens (primary N) is 2. The van der Waals surface area contributed by atoms with Crippen molar-refractivity contribution in [1.29, 1.82) is 0 Å². The maximum Gasteiger partial charge on any atom is 0.266 e. The van der Waals surface area contributed by atoms with Gasteiger partial charge in [0, 0.05) is 26.2 Å². The number of carbonyl (C=O) groups excluding carboxylic acids is 1. The van der Waals surface area contributed by atoms with Crippen molar-refractivity contribution in [3.8, 4) is 0 Å². The van der Waals surface area contributed by atoms with Gasteiger partial charge in [0.2, 0.25) is 0 Å². The Labute approximate surface area is 121 Å². The maximum absolute atomic E-state index is 12.6. The number of hydrogen-bond acceptors (Lipinski definition) is 5. The van der Waals surface area contributed by atoms with Crippen LogP contribution >= 0.6 is 11.3 Å². The van der Waals surface area contributed by atoms with Gasteiger partial charge in [-0.25, -0.2) is 0 Å². The van der Waals surface area contributed by atoms with Gasteiger partial charge in [-0.3, -0.25) is 9.48 Å². The number of aryl methyl sites for hydroxylation is 2. The maximum atomic E-state index is 12.6. The number of nitrogens with zero attached hydrogens (tertiary/aromatic N) is 3. The molecule has 2 aromatic rings. The summed E-state index contributed by atoms with van der Waals surface area (Å²) >= 11 is 1.43. The van der Waals surface area contributed by atoms with E-state index in [-0.39, 0.29) is 11.9 Å². The van der Waals surface area contributed by atoms with Gasteiger partial charge < -0.3 is 16.4 Å². The van der Waals surface area contributed by atoms with Crippen LogP contribution < -0.4 is 11.5 Å². The fraction of sp³-hybridized carbons (Fsp3) is 0.538. The van der Waals surface area contributed by atoms with E-state index in [0.29, 0.717) is 23.7 Å². The minimum absolute atomic E-state index is 0.0231. The van der Waals surface area contributed by atoms with Gasteiger partial charge in [-0.15, -0.1) is 11.3 Å². The number of piperidine rings is 1. The molecule has 1 aliphatic heterocycles. The zero-order valence-corrected chi connectivity index (χ0v) is 12.5. The summed E-state index contributed by atoms with van der Waals surface area (Å²) in [4.78, 5) is 16.0. The van der Waals surface area contributed by atoms with E-state index in [4.69, 9.17) is 11.5 Å². The Morgan fingerprint density at radius 3 is 2.65 bits per heavy atom. The zero-order chi connectivity index (χ0) is 14.4. The highest BCUT2D eigenvalue weighted by Gasteiger charge is 2.27. The second kappa shape index (κ2) is 4.75. The number of rotatable bonds is 1. The number of anilines is 1. The molecular formula is C13H19N5OS. The van der Waals surface area contributed by atoms with E-state index < -0.39 is 0 Å². The third-order valence-corrected chi connectivity index (χ3v) is 5.16. The standard InChI is InChI=1S/C13H19N5OS/c1-7-9-10(15)11(20-13(9)17(2)16-7)12(19)18-5-3-8(14)4-6-18/h8H,3-6,14-15H2,1-2H3. The van der Waals surface area contributed by atoms with E-state index in [0.717, 1.165) is 28.8 Å². The van der Waals surface area contributed by atoms with Crippen LogP contribution in [0.1, 0.15) is 28.2 Å². The summed E-state index contributed by atoms with van der Waals surface area (Å²) in [5, 5.41) is 5.25. The summed E-state index contributed by atoms with van der Waals surface area (Å²) < 4.78 is 1.79. The summed E-state index contributed by atoms with van der Waals surface area (Å²) in [6.45, 7) is 3.34. The van der Waals surface area contributed by atoms with Gasteiger partial charge in [0.05, 0.1) is 16.8 Å². The van der Waals surface area contributed by atoms with Crippen LogP contribution in [0.4, 0.5) is 5.69 Å². The summed E-state index contributed by atoms with van der Waals surface area (Å²) in [6, 6.07) is 0.213. The molecule has 20 heavy (non-hydrogen) atoms. The molecule has 1 amide bonds. The molecule has 3 heterocycles. The van der Waals surface area contributed by atoms with Crippen LogP contribution in [0.25, 0.3) is 10.2 Å². The third-order valence-electron chi connectivity index (χ3n) is 3.90. The molecule has 108 valence electrons. The van der Waals surface area contributed by atoms with Crippen molar-refractivity contribution in [2.24, 2.45) is 12.8 Å². The molecule has 0 bridgehead atoms. The van der Waals surface area contributed by atoms with Crippen LogP contribution in [-0.4, -0.2) is 39.7 Å². The lowest BCUT2D eigenvalue weighted by molar-refractivity contribution is 0.0720. The van der Waals surface area contributed by atoms with Gasteiger partial charge in [-0.05, 0) is 19.8 Å². The predicted molar refractivity (Wildman–Crippen MR) is 80.9 cm³/mol. The molecule has 7 heteroatoms. The van der Waals surface area contributed by atoms with E-state index in [1.807, 2.05) is 18.9 Å². The summed E-state index contributed by atoms with van der Waals surface area (Å²) in [5.41, 5.74) is 13.5. The van der Waals surface area contributed by atoms with Crippen LogP contribution in [-0.2, 0) is 7.05 Å². The highest BCUT2D eigenvalue weighted by atomic mass is 32.1. The Hall–Kier alpha value is -1.60. The lowest BCUT2D eigenvalue weighted by Crippen LogP contribution is -2.42. The van der Waals surface area contributed by atoms with E-state index in [1.54, 1.807) is 4.68 Å². The molecule has 0 aliphatic carbocycles. The first-order valence-electron chi connectivity index (χ1n) is 6.75. The summed E-state index contributed by atoms with van der Waals surface area (Å²) in [6.07, 6.45) is 1.72. The van der Waals surface area contributed by atoms with Gasteiger partial charge in [0.15, 0.2) is 0 Å². The first-order chi connectivity index (χ1) is 9.49. The molecule has 0 radical (unpaired) electrons. The van der Waals surface area contributed by atoms with Crippen molar-refractivity contribution in [2.75, 3.05) is 18.8 Å². The molecule has 3 rings (SSSR count). The minimum Gasteiger partial charge on any atom is -0.397 e. The Balaban J connectivity index is 1.96. The Morgan fingerprint density at radius 1 is 1.40 bits per heavy atom. The quantitative estimate of drug-likeness (QED) is 0.823. The molecule has 0 atom stereocenters. The number of carbonyl (C=O) groups is 1. The molecule has 0 saturated carbocycles. The van der Waals surface area contributed by atoms with Crippen LogP contribution in [0.15, 0.2) is 0 Å². The Bertz CT molecular complexity index is 666. The molecule has 1 fully saturated rings. The van der Waals surface area contributed by atoms with Gasteiger partial charge >= 0.3 is 0 Å². The average molecular weight is 293 g/mol. The molecule has 0 spiro atoms. The number of hydrogen-bond donors (Lipinski definition) is 2. The van der Waals surface area contributed by atoms with E-state index in [2.05, 4.69) is 5.10 Å². The largest absolute Gasteiger partial charge is 0.397 e. The number of thiophene rings is 1. The van der Waals surface area contributed by atoms with Gasteiger partial charge in [0.1, 0.15) is 9.71 Å². The number of amides is 1. The molecule has 1 saturated heterocycles. The van der Waals surface area contributed by atoms with Gasteiger partial charge in [-0.1, -0.05) is 0 Å². The average Bonchev–Trinajstić information content (AvgIpc) is 2.89. The highest BCUT2D eigenvalue weighted by molar-refractivity contribution is 7.21. The van der Waals surface area contributed by atoms with Crippen LogP contribution in [0.5, 0.6) is 0 Å². The summed E-state index contributed by atoms with van der Waals surface area (Å²) in [5.74, 6) is 0.0231. The van der Waals surface area contributed by atoms with Crippen LogP contribution in [0.2, 0.25) is 0 Å². The van der Waals surface area contributed by atoms with Crippen molar-refractivity contribution in [1.82, 2.24) is 14.7 Å². The number of nitrogen functional groups attached to an aromatic ring is 1. The van der Waals surface area contributed by atoms with E-state index in [1.165, 1.54) is 11.3 Å². The van der Waals surface area contributed by atoms with E-state index in [9.17, 15) is 4.79 Å². The van der Waals surface area contributed by atoms with E-state index >= 15 is 0 Å². The number of aromatic nitrogens is 2. The number of likely N-dealkylation sites (tertiary alicyclic amines) is 1. The monoisotopic (exact) mass is 293 g/mol. The van der Waals surface area contributed by atoms with Crippen molar-refractivity contribution in [3.63, 3.8) is 0 Å². The smallest absolute Gasteiger partial charge is 0.266 e. The predicted octanol–water partition coefficient (Wildman–Crippen LogP) is 1.09. The fourth-order valence-corrected chi connectivity index (χ4v) is 3.89. The van der Waals surface area contributed by atoms with Crippen LogP contribution in [0.3, 0.4) is 0 Å². The first kappa shape index (κ1) is 13.4. The molecule has 0 aromatic carbocycles. The normalized spacial score (nSPS) is 17.1. The number of fused-ring (bicyclic) bond motifs is 1. The van der Waals surface area contributed by atoms with Gasteiger partial charge in [0.25, 0.3) is 5.91 Å². The molecule has 1 aliphatic rings. The Morgan fingerprint density at radius 2 is 2.05 bits per heavy atom. The van der Waals surface area contributed by atoms with Gasteiger partial charge in [-0.2, -0.15) is 5.10 Å². The molecular weight excluding hydrogens is 274 g/mol. The van der Waals surface area contributed by atoms with Crippen molar-refractivity contribution >= 4 is 33.1 Å². The van der Waals surface area contributed by atoms with Crippen molar-refractivity contribution in [3.05, 3.63) is 10.6 Å². The topological polar surface area (TPSA) is 90.2 Å². The molecule has 0 unspecified atom stereocenters. The lowest BCUT2D eigenvalue weighted by Gasteiger charge is -2.29. The molecule has 4 N–H and O–H groups in total. The third kappa shape index (κ3) is 1.97. The van der Waals surface area contributed by atoms with Crippen LogP contribution in [0, 0.1) is 6.92 Å². The minimum atomic E-state index is 0.0231. The zero-order valence-electron chi connectivity index (χ0n) is 11.7. The fourth-order valence-electron chi connectivity index (χ4n) is 2.73. The molecule has 6 nitrogen and oxygen atoms in total. The molecule has 2 aromatic heterocycles. The Kier molecular flexibility index (Phi) is 3.18. The van der Waals surface area contributed by atoms with Crippen molar-refractivity contribution in [2.45, 2.75) is 25.8 Å².